The van der Waals surface area contributed by atoms with E-state index in [1.54, 1.807) is 17.9 Å². The van der Waals surface area contributed by atoms with Gasteiger partial charge in [-0.05, 0) is 38.2 Å². The second-order valence-electron chi connectivity index (χ2n) is 8.90. The maximum atomic E-state index is 13.3. The molecule has 7 nitrogen and oxygen atoms in total. The lowest BCUT2D eigenvalue weighted by Crippen LogP contribution is -2.55. The standard InChI is InChI=1S/C22H28F4N6O/c1-28-9-13-8-17(31-10-15(23)11-31)6-7-19(13)32-12-18(20(27)33)21(30-32)29-16-4-2-14(3-5-16)22(24,25)26/h2,4,9,12-13,15,17,19H,3,5-8,10-11H2,1H3,(H2,27,33)(H,29,30)/b28-9-/t13-,17+,19+/m1/s1. The number of alkyl halides is 4. The molecule has 4 rings (SSSR count). The van der Waals surface area contributed by atoms with Crippen molar-refractivity contribution in [1.82, 2.24) is 14.7 Å². The third kappa shape index (κ3) is 5.13. The van der Waals surface area contributed by atoms with Crippen LogP contribution in [-0.4, -0.2) is 65.3 Å². The van der Waals surface area contributed by atoms with E-state index in [1.807, 2.05) is 6.21 Å². The molecular weight excluding hydrogens is 440 g/mol. The van der Waals surface area contributed by atoms with Crippen molar-refractivity contribution < 1.29 is 22.4 Å². The first kappa shape index (κ1) is 23.5. The van der Waals surface area contributed by atoms with E-state index in [0.29, 0.717) is 18.8 Å². The van der Waals surface area contributed by atoms with Crippen molar-refractivity contribution >= 4 is 17.9 Å². The van der Waals surface area contributed by atoms with Gasteiger partial charge in [-0.1, -0.05) is 6.08 Å². The van der Waals surface area contributed by atoms with Gasteiger partial charge < -0.3 is 16.0 Å². The molecule has 1 aliphatic heterocycles. The van der Waals surface area contributed by atoms with Crippen LogP contribution >= 0.6 is 0 Å². The second kappa shape index (κ2) is 9.28. The average Bonchev–Trinajstić information content (AvgIpc) is 3.15. The van der Waals surface area contributed by atoms with E-state index >= 15 is 0 Å². The van der Waals surface area contributed by atoms with Gasteiger partial charge in [-0.2, -0.15) is 18.3 Å². The number of nitrogens with two attached hydrogens (primary N) is 1. The molecule has 2 aliphatic carbocycles. The summed E-state index contributed by atoms with van der Waals surface area (Å²) in [5.41, 5.74) is 5.68. The van der Waals surface area contributed by atoms with Crippen molar-refractivity contribution in [1.29, 1.82) is 0 Å². The van der Waals surface area contributed by atoms with Crippen LogP contribution in [0.3, 0.4) is 0 Å². The van der Waals surface area contributed by atoms with Crippen LogP contribution in [0.1, 0.15) is 48.5 Å². The van der Waals surface area contributed by atoms with Crippen LogP contribution in [0.15, 0.2) is 34.6 Å². The minimum atomic E-state index is -4.35. The topological polar surface area (TPSA) is 88.5 Å². The summed E-state index contributed by atoms with van der Waals surface area (Å²) in [5.74, 6) is -0.391. The van der Waals surface area contributed by atoms with Crippen LogP contribution in [0.4, 0.5) is 23.4 Å². The number of carbonyl (C=O) groups excluding carboxylic acids is 1. The summed E-state index contributed by atoms with van der Waals surface area (Å²) in [6, 6.07) is 0.222. The molecule has 1 amide bonds. The average molecular weight is 468 g/mol. The van der Waals surface area contributed by atoms with Crippen molar-refractivity contribution in [3.8, 4) is 0 Å². The Balaban J connectivity index is 1.53. The van der Waals surface area contributed by atoms with E-state index in [2.05, 4.69) is 20.3 Å². The molecule has 1 saturated heterocycles. The van der Waals surface area contributed by atoms with Crippen LogP contribution < -0.4 is 11.1 Å². The van der Waals surface area contributed by atoms with E-state index in [0.717, 1.165) is 25.3 Å². The number of aromatic nitrogens is 2. The summed E-state index contributed by atoms with van der Waals surface area (Å²) in [7, 11) is 1.70. The Morgan fingerprint density at radius 3 is 2.61 bits per heavy atom. The Hall–Kier alpha value is -2.69. The number of nitrogens with one attached hydrogen (secondary N) is 1. The molecule has 0 spiro atoms. The first-order chi connectivity index (χ1) is 15.7. The lowest BCUT2D eigenvalue weighted by Gasteiger charge is -2.45. The van der Waals surface area contributed by atoms with Gasteiger partial charge in [-0.15, -0.1) is 0 Å². The summed E-state index contributed by atoms with van der Waals surface area (Å²) < 4.78 is 53.6. The van der Waals surface area contributed by atoms with Crippen LogP contribution in [0.25, 0.3) is 0 Å². The van der Waals surface area contributed by atoms with E-state index < -0.39 is 23.8 Å². The third-order valence-electron chi connectivity index (χ3n) is 6.69. The Labute approximate surface area is 189 Å². The zero-order valence-corrected chi connectivity index (χ0v) is 18.4. The normalized spacial score (nSPS) is 27.2. The molecule has 2 fully saturated rings. The fourth-order valence-corrected chi connectivity index (χ4v) is 4.90. The first-order valence-electron chi connectivity index (χ1n) is 11.1. The highest BCUT2D eigenvalue weighted by Gasteiger charge is 2.39. The largest absolute Gasteiger partial charge is 0.412 e. The molecule has 0 radical (unpaired) electrons. The minimum absolute atomic E-state index is 0.0482. The highest BCUT2D eigenvalue weighted by atomic mass is 19.4. The molecule has 1 aromatic rings. The summed E-state index contributed by atoms with van der Waals surface area (Å²) in [6.45, 7) is 0.930. The molecule has 3 atom stereocenters. The second-order valence-corrected chi connectivity index (χ2v) is 8.90. The molecule has 0 aromatic carbocycles. The van der Waals surface area contributed by atoms with Gasteiger partial charge in [0.1, 0.15) is 11.7 Å². The number of hydrogen-bond donors (Lipinski definition) is 2. The SMILES string of the molecule is C/N=C\[C@H]1C[C@@H](N2CC(F)C2)CC[C@@H]1n1cc(C(N)=O)c(NC2=CC=C(C(F)(F)F)CC2)n1. The number of primary amides is 1. The highest BCUT2D eigenvalue weighted by molar-refractivity contribution is 5.97. The van der Waals surface area contributed by atoms with Gasteiger partial charge in [0, 0.05) is 55.8 Å². The van der Waals surface area contributed by atoms with Crippen LogP contribution in [-0.2, 0) is 0 Å². The molecular formula is C22H28F4N6O. The molecule has 0 bridgehead atoms. The number of nitrogens with zero attached hydrogens (tertiary/aromatic N) is 4. The molecule has 1 aromatic heterocycles. The number of hydrogen-bond acceptors (Lipinski definition) is 5. The lowest BCUT2D eigenvalue weighted by atomic mass is 9.80. The third-order valence-corrected chi connectivity index (χ3v) is 6.69. The number of anilines is 1. The predicted molar refractivity (Wildman–Crippen MR) is 117 cm³/mol. The molecule has 33 heavy (non-hydrogen) atoms. The molecule has 0 unspecified atom stereocenters. The maximum absolute atomic E-state index is 13.3. The Bertz CT molecular complexity index is 976. The predicted octanol–water partition coefficient (Wildman–Crippen LogP) is 3.62. The van der Waals surface area contributed by atoms with E-state index in [1.165, 1.54) is 6.08 Å². The maximum Gasteiger partial charge on any atom is 0.412 e. The zero-order valence-electron chi connectivity index (χ0n) is 18.4. The van der Waals surface area contributed by atoms with Crippen molar-refractivity contribution in [2.24, 2.45) is 16.6 Å². The van der Waals surface area contributed by atoms with Gasteiger partial charge >= 0.3 is 6.18 Å². The van der Waals surface area contributed by atoms with Crippen molar-refractivity contribution in [3.63, 3.8) is 0 Å². The number of amides is 1. The summed E-state index contributed by atoms with van der Waals surface area (Å²) >= 11 is 0. The zero-order chi connectivity index (χ0) is 23.8. The van der Waals surface area contributed by atoms with Gasteiger partial charge in [0.2, 0.25) is 0 Å². The van der Waals surface area contributed by atoms with Crippen LogP contribution in [0.5, 0.6) is 0 Å². The van der Waals surface area contributed by atoms with Gasteiger partial charge in [0.15, 0.2) is 5.82 Å². The molecule has 1 saturated carbocycles. The van der Waals surface area contributed by atoms with E-state index in [-0.39, 0.29) is 42.2 Å². The number of rotatable bonds is 6. The Morgan fingerprint density at radius 1 is 1.27 bits per heavy atom. The lowest BCUT2D eigenvalue weighted by molar-refractivity contribution is -0.0941. The summed E-state index contributed by atoms with van der Waals surface area (Å²) in [5, 5.41) is 7.54. The number of likely N-dealkylation sites (tertiary alicyclic amines) is 1. The van der Waals surface area contributed by atoms with E-state index in [9.17, 15) is 22.4 Å². The number of carbonyl (C=O) groups is 1. The number of aliphatic imine (C=N–C) groups is 1. The van der Waals surface area contributed by atoms with Crippen molar-refractivity contribution in [2.75, 3.05) is 25.5 Å². The quantitative estimate of drug-likeness (QED) is 0.493. The van der Waals surface area contributed by atoms with Gasteiger partial charge in [0.05, 0.1) is 6.04 Å². The number of halogens is 4. The molecule has 11 heteroatoms. The fourth-order valence-electron chi connectivity index (χ4n) is 4.90. The van der Waals surface area contributed by atoms with Gasteiger partial charge in [-0.3, -0.25) is 14.4 Å². The van der Waals surface area contributed by atoms with Gasteiger partial charge in [0.25, 0.3) is 5.91 Å². The molecule has 3 aliphatic rings. The monoisotopic (exact) mass is 468 g/mol. The highest BCUT2D eigenvalue weighted by Crippen LogP contribution is 2.38. The molecule has 3 N–H and O–H groups in total. The number of allylic oxidation sites excluding steroid dienone is 4. The summed E-state index contributed by atoms with van der Waals surface area (Å²) in [6.07, 6.45) is 3.21. The fraction of sp³-hybridized carbons (Fsp3) is 0.591. The first-order valence-corrected chi connectivity index (χ1v) is 11.1. The molecule has 2 heterocycles. The van der Waals surface area contributed by atoms with Crippen LogP contribution in [0.2, 0.25) is 0 Å². The summed E-state index contributed by atoms with van der Waals surface area (Å²) in [4.78, 5) is 18.4. The minimum Gasteiger partial charge on any atom is -0.365 e. The van der Waals surface area contributed by atoms with Crippen molar-refractivity contribution in [2.45, 2.75) is 56.5 Å². The van der Waals surface area contributed by atoms with Crippen LogP contribution in [0, 0.1) is 5.92 Å². The Morgan fingerprint density at radius 2 is 2.03 bits per heavy atom. The van der Waals surface area contributed by atoms with Gasteiger partial charge in [-0.25, -0.2) is 4.39 Å². The van der Waals surface area contributed by atoms with Crippen molar-refractivity contribution in [3.05, 3.63) is 35.2 Å². The van der Waals surface area contributed by atoms with E-state index in [4.69, 9.17) is 5.73 Å². The Kier molecular flexibility index (Phi) is 6.60. The smallest absolute Gasteiger partial charge is 0.365 e. The molecule has 180 valence electrons.